The third-order valence-electron chi connectivity index (χ3n) is 3.43. The minimum atomic E-state index is -1.31. The molecular weight excluding hydrogens is 286 g/mol. The first kappa shape index (κ1) is 15.2. The van der Waals surface area contributed by atoms with Gasteiger partial charge in [-0.3, -0.25) is 4.90 Å². The number of carboxylic acids is 1. The topological polar surface area (TPSA) is 89.9 Å². The summed E-state index contributed by atoms with van der Waals surface area (Å²) < 4.78 is 26.2. The molecule has 8 heteroatoms. The number of rotatable bonds is 4. The van der Waals surface area contributed by atoms with E-state index in [1.807, 2.05) is 0 Å². The summed E-state index contributed by atoms with van der Waals surface area (Å²) in [5, 5.41) is 20.8. The molecule has 0 spiro atoms. The maximum atomic E-state index is 13.5. The van der Waals surface area contributed by atoms with E-state index in [0.29, 0.717) is 0 Å². The lowest BCUT2D eigenvalue weighted by Crippen LogP contribution is -2.40. The Kier molecular flexibility index (Phi) is 4.37. The van der Waals surface area contributed by atoms with E-state index < -0.39 is 35.8 Å². The molecule has 1 aromatic carbocycles. The molecule has 1 aliphatic heterocycles. The van der Waals surface area contributed by atoms with Gasteiger partial charge in [0.25, 0.3) is 0 Å². The first-order valence-corrected chi connectivity index (χ1v) is 6.28. The minimum absolute atomic E-state index is 0.00904. The Morgan fingerprint density at radius 2 is 2.05 bits per heavy atom. The van der Waals surface area contributed by atoms with Crippen LogP contribution in [0, 0.1) is 11.6 Å². The van der Waals surface area contributed by atoms with Gasteiger partial charge in [-0.1, -0.05) is 6.07 Å². The molecule has 0 aromatic heterocycles. The van der Waals surface area contributed by atoms with Crippen molar-refractivity contribution >= 4 is 12.1 Å². The highest BCUT2D eigenvalue weighted by Crippen LogP contribution is 2.19. The van der Waals surface area contributed by atoms with Crippen LogP contribution < -0.4 is 5.32 Å². The highest BCUT2D eigenvalue weighted by atomic mass is 19.1. The molecule has 0 aliphatic carbocycles. The lowest BCUT2D eigenvalue weighted by molar-refractivity contribution is -0.141. The average molecular weight is 300 g/mol. The van der Waals surface area contributed by atoms with Crippen molar-refractivity contribution in [2.75, 3.05) is 6.54 Å². The number of likely N-dealkylation sites (tertiary alicyclic amines) is 1. The fourth-order valence-corrected chi connectivity index (χ4v) is 2.35. The monoisotopic (exact) mass is 300 g/mol. The van der Waals surface area contributed by atoms with Gasteiger partial charge < -0.3 is 15.5 Å². The molecule has 1 saturated heterocycles. The number of benzene rings is 1. The number of hydrogen-bond donors (Lipinski definition) is 3. The standard InChI is InChI=1S/C13H14F2N2O4/c14-8-2-1-7(10(15)3-8)5-16-9-4-11(12(18)19)17(6-9)13(20)21/h1-3,9,11,16H,4-6H2,(H,18,19)(H,20,21). The number of carboxylic acid groups (broad SMARTS) is 2. The molecule has 6 nitrogen and oxygen atoms in total. The Hall–Kier alpha value is -2.22. The molecular formula is C13H14F2N2O4. The highest BCUT2D eigenvalue weighted by Gasteiger charge is 2.39. The molecule has 2 rings (SSSR count). The zero-order valence-corrected chi connectivity index (χ0v) is 10.9. The lowest BCUT2D eigenvalue weighted by Gasteiger charge is -2.16. The van der Waals surface area contributed by atoms with Gasteiger partial charge >= 0.3 is 12.1 Å². The van der Waals surface area contributed by atoms with E-state index in [-0.39, 0.29) is 25.1 Å². The van der Waals surface area contributed by atoms with Crippen LogP contribution in [0.4, 0.5) is 13.6 Å². The van der Waals surface area contributed by atoms with Crippen LogP contribution in [-0.2, 0) is 11.3 Å². The van der Waals surface area contributed by atoms with Crippen molar-refractivity contribution in [2.45, 2.75) is 25.0 Å². The van der Waals surface area contributed by atoms with Crippen LogP contribution in [0.2, 0.25) is 0 Å². The highest BCUT2D eigenvalue weighted by molar-refractivity contribution is 5.80. The quantitative estimate of drug-likeness (QED) is 0.779. The van der Waals surface area contributed by atoms with Crippen LogP contribution in [0.5, 0.6) is 0 Å². The number of hydrogen-bond acceptors (Lipinski definition) is 3. The van der Waals surface area contributed by atoms with Gasteiger partial charge in [-0.2, -0.15) is 0 Å². The first-order chi connectivity index (χ1) is 9.88. The molecule has 21 heavy (non-hydrogen) atoms. The van der Waals surface area contributed by atoms with Gasteiger partial charge in [0.05, 0.1) is 0 Å². The third-order valence-corrected chi connectivity index (χ3v) is 3.43. The van der Waals surface area contributed by atoms with Crippen molar-refractivity contribution in [2.24, 2.45) is 0 Å². The normalized spacial score (nSPS) is 21.5. The largest absolute Gasteiger partial charge is 0.480 e. The zero-order chi connectivity index (χ0) is 15.6. The number of amides is 1. The maximum Gasteiger partial charge on any atom is 0.408 e. The van der Waals surface area contributed by atoms with Crippen LogP contribution in [0.3, 0.4) is 0 Å². The summed E-state index contributed by atoms with van der Waals surface area (Å²) >= 11 is 0. The smallest absolute Gasteiger partial charge is 0.408 e. The van der Waals surface area contributed by atoms with E-state index in [4.69, 9.17) is 10.2 Å². The molecule has 2 unspecified atom stereocenters. The Bertz CT molecular complexity index is 545. The molecule has 1 amide bonds. The lowest BCUT2D eigenvalue weighted by atomic mass is 10.1. The zero-order valence-electron chi connectivity index (χ0n) is 10.9. The summed E-state index contributed by atoms with van der Waals surface area (Å²) in [6.07, 6.45) is -1.20. The van der Waals surface area contributed by atoms with Gasteiger partial charge in [0.2, 0.25) is 0 Å². The van der Waals surface area contributed by atoms with Crippen LogP contribution in [0.1, 0.15) is 12.0 Å². The van der Waals surface area contributed by atoms with Gasteiger partial charge in [-0.05, 0) is 12.5 Å². The Labute approximate surface area is 119 Å². The second kappa shape index (κ2) is 6.04. The van der Waals surface area contributed by atoms with Gasteiger partial charge in [-0.25, -0.2) is 18.4 Å². The number of carbonyl (C=O) groups is 2. The van der Waals surface area contributed by atoms with Crippen LogP contribution in [-0.4, -0.2) is 45.8 Å². The van der Waals surface area contributed by atoms with Gasteiger partial charge in [0.15, 0.2) is 0 Å². The molecule has 1 aliphatic rings. The van der Waals surface area contributed by atoms with E-state index >= 15 is 0 Å². The summed E-state index contributed by atoms with van der Waals surface area (Å²) in [6, 6.07) is 1.66. The molecule has 0 saturated carbocycles. The maximum absolute atomic E-state index is 13.5. The SMILES string of the molecule is O=C(O)C1CC(NCc2ccc(F)cc2F)CN1C(=O)O. The summed E-state index contributed by atoms with van der Waals surface area (Å²) in [5.74, 6) is -2.60. The molecule has 1 fully saturated rings. The van der Waals surface area contributed by atoms with Gasteiger partial charge in [0, 0.05) is 30.8 Å². The Balaban J connectivity index is 1.98. The third kappa shape index (κ3) is 3.46. The molecule has 1 aromatic rings. The second-order valence-corrected chi connectivity index (χ2v) is 4.84. The molecule has 0 radical (unpaired) electrons. The van der Waals surface area contributed by atoms with Crippen molar-refractivity contribution in [1.29, 1.82) is 0 Å². The van der Waals surface area contributed by atoms with Crippen molar-refractivity contribution < 1.29 is 28.6 Å². The first-order valence-electron chi connectivity index (χ1n) is 6.28. The molecule has 3 N–H and O–H groups in total. The van der Waals surface area contributed by atoms with Gasteiger partial charge in [0.1, 0.15) is 17.7 Å². The second-order valence-electron chi connectivity index (χ2n) is 4.84. The number of nitrogens with zero attached hydrogens (tertiary/aromatic N) is 1. The number of halogens is 2. The van der Waals surface area contributed by atoms with Crippen molar-refractivity contribution in [3.8, 4) is 0 Å². The van der Waals surface area contributed by atoms with E-state index in [9.17, 15) is 18.4 Å². The number of nitrogens with one attached hydrogen (secondary N) is 1. The fraction of sp³-hybridized carbons (Fsp3) is 0.385. The van der Waals surface area contributed by atoms with E-state index in [1.54, 1.807) is 0 Å². The van der Waals surface area contributed by atoms with Crippen LogP contribution in [0.25, 0.3) is 0 Å². The summed E-state index contributed by atoms with van der Waals surface area (Å²) in [7, 11) is 0. The molecule has 1 heterocycles. The van der Waals surface area contributed by atoms with E-state index in [2.05, 4.69) is 5.32 Å². The van der Waals surface area contributed by atoms with E-state index in [0.717, 1.165) is 17.0 Å². The molecule has 0 bridgehead atoms. The summed E-state index contributed by atoms with van der Waals surface area (Å²) in [5.41, 5.74) is 0.233. The average Bonchev–Trinajstić information content (AvgIpc) is 2.82. The molecule has 114 valence electrons. The summed E-state index contributed by atoms with van der Waals surface area (Å²) in [6.45, 7) is 0.0751. The van der Waals surface area contributed by atoms with Crippen molar-refractivity contribution in [3.63, 3.8) is 0 Å². The number of aliphatic carboxylic acids is 1. The van der Waals surface area contributed by atoms with Gasteiger partial charge in [-0.15, -0.1) is 0 Å². The predicted octanol–water partition coefficient (Wildman–Crippen LogP) is 1.26. The van der Waals surface area contributed by atoms with Crippen molar-refractivity contribution in [1.82, 2.24) is 10.2 Å². The van der Waals surface area contributed by atoms with Crippen LogP contribution in [0.15, 0.2) is 18.2 Å². The van der Waals surface area contributed by atoms with E-state index in [1.165, 1.54) is 6.07 Å². The van der Waals surface area contributed by atoms with Crippen molar-refractivity contribution in [3.05, 3.63) is 35.4 Å². The summed E-state index contributed by atoms with van der Waals surface area (Å²) in [4.78, 5) is 22.8. The Morgan fingerprint density at radius 1 is 1.33 bits per heavy atom. The Morgan fingerprint density at radius 3 is 2.57 bits per heavy atom. The fourth-order valence-electron chi connectivity index (χ4n) is 2.35. The van der Waals surface area contributed by atoms with Crippen LogP contribution >= 0.6 is 0 Å². The predicted molar refractivity (Wildman–Crippen MR) is 67.8 cm³/mol. The molecule has 2 atom stereocenters. The minimum Gasteiger partial charge on any atom is -0.480 e.